The van der Waals surface area contributed by atoms with Crippen molar-refractivity contribution in [2.75, 3.05) is 20.2 Å². The zero-order valence-electron chi connectivity index (χ0n) is 18.1. The van der Waals surface area contributed by atoms with Gasteiger partial charge < -0.3 is 19.4 Å². The average Bonchev–Trinajstić information content (AvgIpc) is 3.57. The summed E-state index contributed by atoms with van der Waals surface area (Å²) in [4.78, 5) is 17.5. The maximum Gasteiger partial charge on any atom is 0.251 e. The molecule has 0 unspecified atom stereocenters. The minimum absolute atomic E-state index is 0.187. The topological polar surface area (TPSA) is 103 Å². The van der Waals surface area contributed by atoms with Crippen LogP contribution in [0.1, 0.15) is 37.1 Å². The summed E-state index contributed by atoms with van der Waals surface area (Å²) in [6.45, 7) is 1.53. The van der Waals surface area contributed by atoms with E-state index in [1.165, 1.54) is 0 Å². The fourth-order valence-corrected chi connectivity index (χ4v) is 6.44. The molecule has 5 rings (SSSR count). The fourth-order valence-electron chi connectivity index (χ4n) is 4.60. The van der Waals surface area contributed by atoms with Crippen LogP contribution in [0.4, 0.5) is 0 Å². The molecule has 0 radical (unpaired) electrons. The van der Waals surface area contributed by atoms with Gasteiger partial charge in [0.05, 0.1) is 18.9 Å². The number of benzene rings is 1. The molecule has 2 aromatic rings. The van der Waals surface area contributed by atoms with Crippen LogP contribution in [0, 0.1) is 0 Å². The lowest BCUT2D eigenvalue weighted by molar-refractivity contribution is -0.171. The van der Waals surface area contributed by atoms with Gasteiger partial charge in [0.1, 0.15) is 17.2 Å². The molecule has 172 valence electrons. The number of imidazole rings is 1. The maximum absolute atomic E-state index is 13.0. The monoisotopic (exact) mass is 460 g/mol. The normalized spacial score (nSPS) is 23.0. The first kappa shape index (κ1) is 21.4. The lowest BCUT2D eigenvalue weighted by Crippen LogP contribution is -2.54. The highest BCUT2D eigenvalue weighted by Crippen LogP contribution is 2.42. The number of fused-ring (bicyclic) bond motifs is 2. The molecule has 0 bridgehead atoms. The second kappa shape index (κ2) is 8.17. The Bertz CT molecular complexity index is 1090. The Kier molecular flexibility index (Phi) is 5.47. The van der Waals surface area contributed by atoms with Crippen LogP contribution in [0.15, 0.2) is 36.7 Å². The van der Waals surface area contributed by atoms with Gasteiger partial charge in [-0.05, 0) is 43.4 Å². The van der Waals surface area contributed by atoms with Crippen molar-refractivity contribution in [3.63, 3.8) is 0 Å². The van der Waals surface area contributed by atoms with Gasteiger partial charge in [0.15, 0.2) is 6.10 Å². The van der Waals surface area contributed by atoms with E-state index < -0.39 is 21.7 Å². The summed E-state index contributed by atoms with van der Waals surface area (Å²) in [5.41, 5.74) is 0.214. The molecule has 1 saturated heterocycles. The van der Waals surface area contributed by atoms with Gasteiger partial charge in [0.2, 0.25) is 10.0 Å². The van der Waals surface area contributed by atoms with Gasteiger partial charge in [-0.3, -0.25) is 4.79 Å². The lowest BCUT2D eigenvalue weighted by atomic mass is 9.89. The zero-order valence-corrected chi connectivity index (χ0v) is 18.9. The molecule has 1 spiro atoms. The Balaban J connectivity index is 1.27. The molecular weight excluding hydrogens is 432 g/mol. The van der Waals surface area contributed by atoms with Crippen LogP contribution in [-0.4, -0.2) is 59.7 Å². The number of aromatic nitrogens is 2. The number of amides is 1. The van der Waals surface area contributed by atoms with E-state index in [4.69, 9.17) is 9.47 Å². The standard InChI is InChI=1S/C22H28N4O5S/c1-30-17-4-2-16(3-5-17)14-24-20(27)19-15-25-13-10-23-21(25)22(31-19)8-11-26(12-9-22)32(28,29)18-6-7-18/h2-5,10,13,18-19H,6-9,11-12,14-15H2,1H3,(H,24,27)/t19-/m0/s1. The Morgan fingerprint density at radius 1 is 1.25 bits per heavy atom. The molecule has 2 aliphatic heterocycles. The zero-order chi connectivity index (χ0) is 22.3. The van der Waals surface area contributed by atoms with E-state index in [1.54, 1.807) is 17.6 Å². The van der Waals surface area contributed by atoms with Crippen molar-refractivity contribution >= 4 is 15.9 Å². The minimum Gasteiger partial charge on any atom is -0.497 e. The number of carbonyl (C=O) groups is 1. The predicted octanol–water partition coefficient (Wildman–Crippen LogP) is 1.39. The number of methoxy groups -OCH3 is 1. The van der Waals surface area contributed by atoms with Crippen LogP contribution < -0.4 is 10.1 Å². The number of nitrogens with zero attached hydrogens (tertiary/aromatic N) is 3. The van der Waals surface area contributed by atoms with Crippen LogP contribution in [0.25, 0.3) is 0 Å². The van der Waals surface area contributed by atoms with Crippen molar-refractivity contribution in [2.45, 2.75) is 55.7 Å². The van der Waals surface area contributed by atoms with Gasteiger partial charge in [-0.2, -0.15) is 0 Å². The fraction of sp³-hybridized carbons (Fsp3) is 0.545. The van der Waals surface area contributed by atoms with Crippen molar-refractivity contribution in [2.24, 2.45) is 0 Å². The molecule has 1 amide bonds. The van der Waals surface area contributed by atoms with E-state index in [1.807, 2.05) is 35.0 Å². The van der Waals surface area contributed by atoms with Crippen LogP contribution in [-0.2, 0) is 38.2 Å². The van der Waals surface area contributed by atoms with E-state index in [0.717, 1.165) is 30.0 Å². The molecule has 1 atom stereocenters. The van der Waals surface area contributed by atoms with Crippen LogP contribution in [0.5, 0.6) is 5.75 Å². The molecule has 9 nitrogen and oxygen atoms in total. The lowest BCUT2D eigenvalue weighted by Gasteiger charge is -2.45. The molecule has 32 heavy (non-hydrogen) atoms. The highest BCUT2D eigenvalue weighted by atomic mass is 32.2. The second-order valence-electron chi connectivity index (χ2n) is 8.71. The Labute approximate surface area is 187 Å². The Hall–Kier alpha value is -2.43. The molecule has 1 saturated carbocycles. The summed E-state index contributed by atoms with van der Waals surface area (Å²) in [6, 6.07) is 7.53. The number of sulfonamides is 1. The molecule has 10 heteroatoms. The van der Waals surface area contributed by atoms with E-state index >= 15 is 0 Å². The molecule has 1 N–H and O–H groups in total. The van der Waals surface area contributed by atoms with Gasteiger partial charge in [-0.1, -0.05) is 12.1 Å². The molecular formula is C22H28N4O5S. The van der Waals surface area contributed by atoms with E-state index in [0.29, 0.717) is 39.0 Å². The first-order valence-corrected chi connectivity index (χ1v) is 12.5. The Morgan fingerprint density at radius 3 is 2.62 bits per heavy atom. The summed E-state index contributed by atoms with van der Waals surface area (Å²) in [7, 11) is -1.61. The molecule has 1 aromatic heterocycles. The summed E-state index contributed by atoms with van der Waals surface area (Å²) < 4.78 is 40.4. The third-order valence-corrected chi connectivity index (χ3v) is 9.01. The van der Waals surface area contributed by atoms with E-state index in [-0.39, 0.29) is 11.2 Å². The molecule has 3 heterocycles. The van der Waals surface area contributed by atoms with Crippen LogP contribution in [0.2, 0.25) is 0 Å². The summed E-state index contributed by atoms with van der Waals surface area (Å²) in [5.74, 6) is 1.35. The highest BCUT2D eigenvalue weighted by Gasteiger charge is 2.50. The van der Waals surface area contributed by atoms with Crippen molar-refractivity contribution in [1.29, 1.82) is 0 Å². The SMILES string of the molecule is COc1ccc(CNC(=O)[C@@H]2Cn3ccnc3C3(CCN(S(=O)(=O)C4CC4)CC3)O2)cc1. The summed E-state index contributed by atoms with van der Waals surface area (Å²) in [5, 5.41) is 2.74. The van der Waals surface area contributed by atoms with Crippen molar-refractivity contribution < 1.29 is 22.7 Å². The van der Waals surface area contributed by atoms with Crippen molar-refractivity contribution in [1.82, 2.24) is 19.2 Å². The number of hydrogen-bond donors (Lipinski definition) is 1. The Morgan fingerprint density at radius 2 is 1.97 bits per heavy atom. The number of rotatable bonds is 6. The summed E-state index contributed by atoms with van der Waals surface area (Å²) in [6.07, 6.45) is 5.38. The second-order valence-corrected chi connectivity index (χ2v) is 10.9. The molecule has 2 fully saturated rings. The minimum atomic E-state index is -3.22. The maximum atomic E-state index is 13.0. The third kappa shape index (κ3) is 3.91. The number of hydrogen-bond acceptors (Lipinski definition) is 6. The molecule has 1 aliphatic carbocycles. The van der Waals surface area contributed by atoms with Crippen molar-refractivity contribution in [3.8, 4) is 5.75 Å². The quantitative estimate of drug-likeness (QED) is 0.699. The number of ether oxygens (including phenoxy) is 2. The number of carbonyl (C=O) groups excluding carboxylic acids is 1. The highest BCUT2D eigenvalue weighted by molar-refractivity contribution is 7.90. The van der Waals surface area contributed by atoms with Gasteiger partial charge in [-0.25, -0.2) is 17.7 Å². The van der Waals surface area contributed by atoms with E-state index in [9.17, 15) is 13.2 Å². The number of piperidine rings is 1. The predicted molar refractivity (Wildman–Crippen MR) is 116 cm³/mol. The van der Waals surface area contributed by atoms with E-state index in [2.05, 4.69) is 10.3 Å². The van der Waals surface area contributed by atoms with Gasteiger partial charge in [0.25, 0.3) is 5.91 Å². The smallest absolute Gasteiger partial charge is 0.251 e. The average molecular weight is 461 g/mol. The van der Waals surface area contributed by atoms with Gasteiger partial charge in [-0.15, -0.1) is 0 Å². The van der Waals surface area contributed by atoms with Crippen LogP contribution >= 0.6 is 0 Å². The largest absolute Gasteiger partial charge is 0.497 e. The number of nitrogens with one attached hydrogen (secondary N) is 1. The molecule has 3 aliphatic rings. The van der Waals surface area contributed by atoms with Crippen molar-refractivity contribution in [3.05, 3.63) is 48.0 Å². The first-order valence-electron chi connectivity index (χ1n) is 11.0. The molecule has 1 aromatic carbocycles. The summed E-state index contributed by atoms with van der Waals surface area (Å²) >= 11 is 0. The first-order chi connectivity index (χ1) is 15.4. The van der Waals surface area contributed by atoms with Crippen LogP contribution in [0.3, 0.4) is 0 Å². The third-order valence-electron chi connectivity index (χ3n) is 6.61. The van der Waals surface area contributed by atoms with Gasteiger partial charge >= 0.3 is 0 Å². The van der Waals surface area contributed by atoms with Gasteiger partial charge in [0, 0.05) is 32.0 Å².